The van der Waals surface area contributed by atoms with Gasteiger partial charge in [0.15, 0.2) is 0 Å². The summed E-state index contributed by atoms with van der Waals surface area (Å²) in [7, 11) is 0. The normalized spacial score (nSPS) is 12.1. The van der Waals surface area contributed by atoms with Crippen LogP contribution in [0.25, 0.3) is 10.9 Å². The fraction of sp³-hybridized carbons (Fsp3) is 0.412. The van der Waals surface area contributed by atoms with E-state index in [1.807, 2.05) is 13.8 Å². The quantitative estimate of drug-likeness (QED) is 0.864. The predicted molar refractivity (Wildman–Crippen MR) is 90.8 cm³/mol. The zero-order valence-corrected chi connectivity index (χ0v) is 13.9. The van der Waals surface area contributed by atoms with Crippen LogP contribution >= 0.6 is 0 Å². The lowest BCUT2D eigenvalue weighted by atomic mass is 10.0. The Morgan fingerprint density at radius 1 is 1.38 bits per heavy atom. The molecule has 0 aliphatic carbocycles. The molecule has 0 radical (unpaired) electrons. The predicted octanol–water partition coefficient (Wildman–Crippen LogP) is 1.38. The maximum absolute atomic E-state index is 12.3. The molecule has 0 fully saturated rings. The van der Waals surface area contributed by atoms with Crippen LogP contribution in [0.15, 0.2) is 27.8 Å². The molecule has 7 nitrogen and oxygen atoms in total. The van der Waals surface area contributed by atoms with Gasteiger partial charge in [0.1, 0.15) is 6.04 Å². The lowest BCUT2D eigenvalue weighted by Gasteiger charge is -2.14. The van der Waals surface area contributed by atoms with E-state index >= 15 is 0 Å². The highest BCUT2D eigenvalue weighted by Crippen LogP contribution is 2.11. The first-order valence-corrected chi connectivity index (χ1v) is 7.84. The van der Waals surface area contributed by atoms with Gasteiger partial charge >= 0.3 is 5.69 Å². The average Bonchev–Trinajstić information content (AvgIpc) is 2.53. The highest BCUT2D eigenvalue weighted by Gasteiger charge is 2.16. The Balaban J connectivity index is 2.37. The van der Waals surface area contributed by atoms with Gasteiger partial charge in [0, 0.05) is 12.1 Å². The molecule has 2 aromatic rings. The minimum absolute atomic E-state index is 0.269. The van der Waals surface area contributed by atoms with Crippen LogP contribution in [0.5, 0.6) is 0 Å². The van der Waals surface area contributed by atoms with Crippen molar-refractivity contribution >= 4 is 16.8 Å². The van der Waals surface area contributed by atoms with E-state index < -0.39 is 23.2 Å². The van der Waals surface area contributed by atoms with Crippen molar-refractivity contribution < 1.29 is 4.79 Å². The minimum atomic E-state index is -0.583. The monoisotopic (exact) mass is 328 g/mol. The number of hydrogen-bond acceptors (Lipinski definition) is 4. The van der Waals surface area contributed by atoms with Gasteiger partial charge in [-0.1, -0.05) is 13.8 Å². The maximum Gasteiger partial charge on any atom is 0.328 e. The number of aromatic nitrogens is 2. The maximum atomic E-state index is 12.3. The molecule has 126 valence electrons. The molecule has 0 bridgehead atoms. The summed E-state index contributed by atoms with van der Waals surface area (Å²) in [6.45, 7) is 5.92. The Morgan fingerprint density at radius 3 is 2.67 bits per heavy atom. The van der Waals surface area contributed by atoms with Crippen LogP contribution in [-0.2, 0) is 6.54 Å². The Hall–Kier alpha value is -2.88. The van der Waals surface area contributed by atoms with Gasteiger partial charge in [-0.2, -0.15) is 5.26 Å². The topological polar surface area (TPSA) is 108 Å². The van der Waals surface area contributed by atoms with Crippen LogP contribution in [0, 0.1) is 17.2 Å². The number of H-pyrrole nitrogens is 1. The van der Waals surface area contributed by atoms with Gasteiger partial charge in [-0.3, -0.25) is 14.2 Å². The molecule has 0 saturated heterocycles. The second-order valence-electron chi connectivity index (χ2n) is 6.02. The van der Waals surface area contributed by atoms with Gasteiger partial charge in [-0.25, -0.2) is 4.79 Å². The Bertz CT molecular complexity index is 918. The van der Waals surface area contributed by atoms with Crippen LogP contribution in [0.3, 0.4) is 0 Å². The first-order valence-electron chi connectivity index (χ1n) is 7.84. The van der Waals surface area contributed by atoms with Crippen molar-refractivity contribution in [3.05, 3.63) is 44.6 Å². The molecule has 1 atom stereocenters. The largest absolute Gasteiger partial charge is 0.336 e. The molecule has 7 heteroatoms. The summed E-state index contributed by atoms with van der Waals surface area (Å²) in [6.07, 6.45) is 0.549. The summed E-state index contributed by atoms with van der Waals surface area (Å²) in [5.74, 6) is -0.139. The lowest BCUT2D eigenvalue weighted by molar-refractivity contribution is 0.0942. The van der Waals surface area contributed by atoms with Crippen molar-refractivity contribution in [2.75, 3.05) is 0 Å². The molecule has 1 heterocycles. The molecule has 0 aliphatic rings. The summed E-state index contributed by atoms with van der Waals surface area (Å²) >= 11 is 0. The summed E-state index contributed by atoms with van der Waals surface area (Å²) in [5, 5.41) is 12.1. The van der Waals surface area contributed by atoms with Crippen molar-refractivity contribution in [1.82, 2.24) is 14.9 Å². The molecular formula is C17H20N4O3. The fourth-order valence-electron chi connectivity index (χ4n) is 2.54. The SMILES string of the molecule is CCn1c(=O)[nH]c2cc(C(=O)N[C@@H](C#N)CC(C)C)ccc2c1=O. The number of aromatic amines is 1. The molecule has 2 rings (SSSR count). The third kappa shape index (κ3) is 3.54. The number of rotatable bonds is 5. The molecular weight excluding hydrogens is 308 g/mol. The molecule has 0 spiro atoms. The summed E-state index contributed by atoms with van der Waals surface area (Å²) in [6, 6.07) is 5.96. The highest BCUT2D eigenvalue weighted by molar-refractivity contribution is 5.97. The van der Waals surface area contributed by atoms with Crippen molar-refractivity contribution in [3.63, 3.8) is 0 Å². The van der Waals surface area contributed by atoms with Crippen LogP contribution in [0.2, 0.25) is 0 Å². The second kappa shape index (κ2) is 7.13. The molecule has 0 saturated carbocycles. The zero-order valence-electron chi connectivity index (χ0n) is 13.9. The molecule has 24 heavy (non-hydrogen) atoms. The van der Waals surface area contributed by atoms with E-state index in [-0.39, 0.29) is 18.0 Å². The number of nitrogens with one attached hydrogen (secondary N) is 2. The standard InChI is InChI=1S/C17H20N4O3/c1-4-21-16(23)13-6-5-11(8-14(13)20-17(21)24)15(22)19-12(9-18)7-10(2)3/h5-6,8,10,12H,4,7H2,1-3H3,(H,19,22)(H,20,24)/t12-/m1/s1. The molecule has 1 aromatic carbocycles. The van der Waals surface area contributed by atoms with Crippen molar-refractivity contribution in [3.8, 4) is 6.07 Å². The number of amides is 1. The number of nitrogens with zero attached hydrogens (tertiary/aromatic N) is 2. The van der Waals surface area contributed by atoms with Gasteiger partial charge in [0.25, 0.3) is 11.5 Å². The molecule has 0 unspecified atom stereocenters. The molecule has 1 aromatic heterocycles. The van der Waals surface area contributed by atoms with Crippen LogP contribution in [-0.4, -0.2) is 21.5 Å². The molecule has 1 amide bonds. The Kier molecular flexibility index (Phi) is 5.19. The van der Waals surface area contributed by atoms with E-state index in [1.54, 1.807) is 6.92 Å². The third-order valence-electron chi connectivity index (χ3n) is 3.73. The summed E-state index contributed by atoms with van der Waals surface area (Å²) in [4.78, 5) is 39.0. The van der Waals surface area contributed by atoms with Gasteiger partial charge in [-0.15, -0.1) is 0 Å². The van der Waals surface area contributed by atoms with Crippen LogP contribution in [0.1, 0.15) is 37.6 Å². The van der Waals surface area contributed by atoms with E-state index in [1.165, 1.54) is 18.2 Å². The van der Waals surface area contributed by atoms with Gasteiger partial charge in [0.2, 0.25) is 0 Å². The second-order valence-corrected chi connectivity index (χ2v) is 6.02. The number of nitriles is 1. The van der Waals surface area contributed by atoms with Crippen LogP contribution < -0.4 is 16.6 Å². The van der Waals surface area contributed by atoms with E-state index in [0.29, 0.717) is 17.3 Å². The molecule has 0 aliphatic heterocycles. The van der Waals surface area contributed by atoms with Gasteiger partial charge in [-0.05, 0) is 37.5 Å². The van der Waals surface area contributed by atoms with E-state index in [2.05, 4.69) is 16.4 Å². The summed E-state index contributed by atoms with van der Waals surface area (Å²) in [5.41, 5.74) is -0.310. The van der Waals surface area contributed by atoms with Crippen molar-refractivity contribution in [1.29, 1.82) is 5.26 Å². The Labute approximate surface area is 138 Å². The number of benzene rings is 1. The Morgan fingerprint density at radius 2 is 2.08 bits per heavy atom. The smallest absolute Gasteiger partial charge is 0.328 e. The summed E-state index contributed by atoms with van der Waals surface area (Å²) < 4.78 is 1.09. The van der Waals surface area contributed by atoms with Crippen molar-refractivity contribution in [2.45, 2.75) is 39.8 Å². The van der Waals surface area contributed by atoms with Gasteiger partial charge < -0.3 is 10.3 Å². The molecule has 2 N–H and O–H groups in total. The van der Waals surface area contributed by atoms with Crippen molar-refractivity contribution in [2.24, 2.45) is 5.92 Å². The number of fused-ring (bicyclic) bond motifs is 1. The number of carbonyl (C=O) groups is 1. The average molecular weight is 328 g/mol. The number of carbonyl (C=O) groups excluding carboxylic acids is 1. The minimum Gasteiger partial charge on any atom is -0.336 e. The fourth-order valence-corrected chi connectivity index (χ4v) is 2.54. The van der Waals surface area contributed by atoms with E-state index in [9.17, 15) is 14.4 Å². The first-order chi connectivity index (χ1) is 11.4. The van der Waals surface area contributed by atoms with E-state index in [0.717, 1.165) is 4.57 Å². The van der Waals surface area contributed by atoms with Gasteiger partial charge in [0.05, 0.1) is 17.0 Å². The lowest BCUT2D eigenvalue weighted by Crippen LogP contribution is -2.35. The number of hydrogen-bond donors (Lipinski definition) is 2. The third-order valence-corrected chi connectivity index (χ3v) is 3.73. The zero-order chi connectivity index (χ0) is 17.9. The van der Waals surface area contributed by atoms with Crippen LogP contribution in [0.4, 0.5) is 0 Å². The highest BCUT2D eigenvalue weighted by atomic mass is 16.2. The first kappa shape index (κ1) is 17.5. The van der Waals surface area contributed by atoms with E-state index in [4.69, 9.17) is 5.26 Å².